The van der Waals surface area contributed by atoms with Crippen LogP contribution in [0.1, 0.15) is 31.3 Å². The Balaban J connectivity index is 2.83. The highest BCUT2D eigenvalue weighted by Crippen LogP contribution is 2.20. The highest BCUT2D eigenvalue weighted by Gasteiger charge is 2.20. The molecule has 2 N–H and O–H groups in total. The number of rotatable bonds is 5. The van der Waals surface area contributed by atoms with Crippen molar-refractivity contribution in [1.82, 2.24) is 0 Å². The van der Waals surface area contributed by atoms with Crippen molar-refractivity contribution >= 4 is 11.9 Å². The summed E-state index contributed by atoms with van der Waals surface area (Å²) in [5.41, 5.74) is -0.855. The highest BCUT2D eigenvalue weighted by molar-refractivity contribution is 5.84. The van der Waals surface area contributed by atoms with Crippen molar-refractivity contribution in [1.29, 1.82) is 0 Å². The fraction of sp³-hybridized carbons (Fsp3) is 0.545. The Bertz CT molecular complexity index is 364. The first-order valence-corrected chi connectivity index (χ1v) is 5.14. The average Bonchev–Trinajstić information content (AvgIpc) is 2.61. The van der Waals surface area contributed by atoms with Crippen LogP contribution in [0.5, 0.6) is 0 Å². The lowest BCUT2D eigenvalue weighted by Crippen LogP contribution is -2.38. The van der Waals surface area contributed by atoms with Crippen LogP contribution in [0.15, 0.2) is 16.5 Å². The minimum absolute atomic E-state index is 0.0933. The molecule has 0 saturated heterocycles. The molecule has 0 aliphatic rings. The van der Waals surface area contributed by atoms with Crippen LogP contribution in [0, 0.1) is 0 Å². The monoisotopic (exact) mass is 227 g/mol. The van der Waals surface area contributed by atoms with E-state index in [9.17, 15) is 9.90 Å². The molecule has 1 aromatic heterocycles. The summed E-state index contributed by atoms with van der Waals surface area (Å²) in [7, 11) is 0. The standard InChI is InChI=1S/C11H17NO4/c1-4-12(7-11(2,3)15)9-6-5-8(16-9)10(13)14/h5-6,15H,4,7H2,1-3H3,(H,13,14). The molecule has 0 saturated carbocycles. The minimum atomic E-state index is -1.09. The number of carboxylic acids is 1. The summed E-state index contributed by atoms with van der Waals surface area (Å²) in [5.74, 6) is -0.725. The van der Waals surface area contributed by atoms with E-state index in [0.717, 1.165) is 0 Å². The second-order valence-corrected chi connectivity index (χ2v) is 4.27. The summed E-state index contributed by atoms with van der Waals surface area (Å²) >= 11 is 0. The maximum Gasteiger partial charge on any atom is 0.371 e. The number of aromatic carboxylic acids is 1. The Morgan fingerprint density at radius 2 is 2.12 bits per heavy atom. The van der Waals surface area contributed by atoms with E-state index >= 15 is 0 Å². The molecule has 0 unspecified atom stereocenters. The maximum atomic E-state index is 10.6. The van der Waals surface area contributed by atoms with Gasteiger partial charge in [-0.25, -0.2) is 4.79 Å². The highest BCUT2D eigenvalue weighted by atomic mass is 16.4. The van der Waals surface area contributed by atoms with Gasteiger partial charge >= 0.3 is 5.97 Å². The predicted molar refractivity (Wildman–Crippen MR) is 59.9 cm³/mol. The number of carboxylic acid groups (broad SMARTS) is 1. The topological polar surface area (TPSA) is 73.9 Å². The molecule has 0 atom stereocenters. The summed E-state index contributed by atoms with van der Waals surface area (Å²) in [6.45, 7) is 6.31. The molecule has 90 valence electrons. The Morgan fingerprint density at radius 1 is 1.50 bits per heavy atom. The van der Waals surface area contributed by atoms with Crippen LogP contribution in [0.3, 0.4) is 0 Å². The summed E-state index contributed by atoms with van der Waals surface area (Å²) in [4.78, 5) is 12.4. The lowest BCUT2D eigenvalue weighted by molar-refractivity contribution is 0.0662. The van der Waals surface area contributed by atoms with Gasteiger partial charge in [0, 0.05) is 19.2 Å². The third kappa shape index (κ3) is 3.27. The molecule has 1 rings (SSSR count). The van der Waals surface area contributed by atoms with Gasteiger partial charge < -0.3 is 19.5 Å². The van der Waals surface area contributed by atoms with Crippen LogP contribution in [0.4, 0.5) is 5.88 Å². The average molecular weight is 227 g/mol. The van der Waals surface area contributed by atoms with Gasteiger partial charge in [0.1, 0.15) is 0 Å². The second kappa shape index (κ2) is 4.57. The molecule has 0 fully saturated rings. The lowest BCUT2D eigenvalue weighted by atomic mass is 10.1. The first kappa shape index (κ1) is 12.6. The fourth-order valence-corrected chi connectivity index (χ4v) is 1.43. The van der Waals surface area contributed by atoms with E-state index in [2.05, 4.69) is 0 Å². The van der Waals surface area contributed by atoms with Gasteiger partial charge in [0.2, 0.25) is 5.76 Å². The third-order valence-electron chi connectivity index (χ3n) is 2.07. The van der Waals surface area contributed by atoms with Crippen molar-refractivity contribution in [2.75, 3.05) is 18.0 Å². The van der Waals surface area contributed by atoms with Crippen molar-refractivity contribution in [3.63, 3.8) is 0 Å². The van der Waals surface area contributed by atoms with Crippen LogP contribution in [-0.4, -0.2) is 34.9 Å². The molecule has 0 aliphatic carbocycles. The number of likely N-dealkylation sites (N-methyl/N-ethyl adjacent to an activating group) is 1. The Hall–Kier alpha value is -1.49. The fourth-order valence-electron chi connectivity index (χ4n) is 1.43. The zero-order valence-electron chi connectivity index (χ0n) is 9.73. The van der Waals surface area contributed by atoms with E-state index in [1.807, 2.05) is 6.92 Å². The summed E-state index contributed by atoms with van der Waals surface area (Å²) in [5, 5.41) is 18.4. The van der Waals surface area contributed by atoms with Crippen molar-refractivity contribution < 1.29 is 19.4 Å². The predicted octanol–water partition coefficient (Wildman–Crippen LogP) is 1.58. The first-order chi connectivity index (χ1) is 7.33. The smallest absolute Gasteiger partial charge is 0.371 e. The lowest BCUT2D eigenvalue weighted by Gasteiger charge is -2.27. The molecule has 5 nitrogen and oxygen atoms in total. The van der Waals surface area contributed by atoms with E-state index < -0.39 is 11.6 Å². The van der Waals surface area contributed by atoms with E-state index in [-0.39, 0.29) is 5.76 Å². The van der Waals surface area contributed by atoms with Crippen LogP contribution >= 0.6 is 0 Å². The van der Waals surface area contributed by atoms with Gasteiger partial charge in [-0.15, -0.1) is 0 Å². The van der Waals surface area contributed by atoms with Gasteiger partial charge in [0.05, 0.1) is 5.60 Å². The summed E-state index contributed by atoms with van der Waals surface area (Å²) in [6.07, 6.45) is 0. The number of hydrogen-bond acceptors (Lipinski definition) is 4. The number of nitrogens with zero attached hydrogens (tertiary/aromatic N) is 1. The normalized spacial score (nSPS) is 11.5. The molecule has 0 bridgehead atoms. The molecule has 0 aliphatic heterocycles. The number of hydrogen-bond donors (Lipinski definition) is 2. The van der Waals surface area contributed by atoms with Crippen molar-refractivity contribution in [2.24, 2.45) is 0 Å². The van der Waals surface area contributed by atoms with Gasteiger partial charge in [-0.3, -0.25) is 0 Å². The Morgan fingerprint density at radius 3 is 2.50 bits per heavy atom. The van der Waals surface area contributed by atoms with Crippen LogP contribution in [0.2, 0.25) is 0 Å². The third-order valence-corrected chi connectivity index (χ3v) is 2.07. The van der Waals surface area contributed by atoms with Gasteiger partial charge in [-0.2, -0.15) is 0 Å². The molecule has 1 heterocycles. The molecule has 0 radical (unpaired) electrons. The van der Waals surface area contributed by atoms with Gasteiger partial charge in [-0.05, 0) is 26.8 Å². The molecule has 0 amide bonds. The van der Waals surface area contributed by atoms with Gasteiger partial charge in [0.25, 0.3) is 0 Å². The van der Waals surface area contributed by atoms with Crippen molar-refractivity contribution in [3.05, 3.63) is 17.9 Å². The quantitative estimate of drug-likeness (QED) is 0.798. The minimum Gasteiger partial charge on any atom is -0.475 e. The van der Waals surface area contributed by atoms with Gasteiger partial charge in [0.15, 0.2) is 5.88 Å². The Labute approximate surface area is 94.3 Å². The molecule has 0 spiro atoms. The Kier molecular flexibility index (Phi) is 3.59. The number of aliphatic hydroxyl groups is 1. The zero-order valence-corrected chi connectivity index (χ0v) is 9.73. The molecular weight excluding hydrogens is 210 g/mol. The molecule has 16 heavy (non-hydrogen) atoms. The van der Waals surface area contributed by atoms with Crippen LogP contribution in [-0.2, 0) is 0 Å². The molecule has 5 heteroatoms. The first-order valence-electron chi connectivity index (χ1n) is 5.14. The second-order valence-electron chi connectivity index (χ2n) is 4.27. The maximum absolute atomic E-state index is 10.6. The summed E-state index contributed by atoms with van der Waals surface area (Å²) < 4.78 is 5.16. The summed E-state index contributed by atoms with van der Waals surface area (Å²) in [6, 6.07) is 3.00. The zero-order chi connectivity index (χ0) is 12.3. The van der Waals surface area contributed by atoms with Crippen LogP contribution < -0.4 is 4.90 Å². The molecule has 1 aromatic rings. The van der Waals surface area contributed by atoms with E-state index in [1.54, 1.807) is 24.8 Å². The SMILES string of the molecule is CCN(CC(C)(C)O)c1ccc(C(=O)O)o1. The van der Waals surface area contributed by atoms with Crippen molar-refractivity contribution in [2.45, 2.75) is 26.4 Å². The van der Waals surface area contributed by atoms with E-state index in [4.69, 9.17) is 9.52 Å². The molecular formula is C11H17NO4. The number of anilines is 1. The number of carbonyl (C=O) groups is 1. The largest absolute Gasteiger partial charge is 0.475 e. The van der Waals surface area contributed by atoms with E-state index in [1.165, 1.54) is 6.07 Å². The van der Waals surface area contributed by atoms with Crippen LogP contribution in [0.25, 0.3) is 0 Å². The van der Waals surface area contributed by atoms with E-state index in [0.29, 0.717) is 19.0 Å². The molecule has 0 aromatic carbocycles. The number of furan rings is 1. The van der Waals surface area contributed by atoms with Gasteiger partial charge in [-0.1, -0.05) is 0 Å². The van der Waals surface area contributed by atoms with Crippen molar-refractivity contribution in [3.8, 4) is 0 Å².